The summed E-state index contributed by atoms with van der Waals surface area (Å²) in [6.07, 6.45) is 0.222. The molecule has 0 saturated carbocycles. The van der Waals surface area contributed by atoms with Crippen LogP contribution in [0.4, 0.5) is 0 Å². The lowest BCUT2D eigenvalue weighted by Crippen LogP contribution is -2.83. The van der Waals surface area contributed by atoms with E-state index in [1.54, 1.807) is 13.8 Å². The molecule has 4 heterocycles. The molecule has 0 N–H and O–H groups in total. The molecule has 0 atom stereocenters. The maximum absolute atomic E-state index is 12.8. The molecule has 0 radical (unpaired) electrons. The van der Waals surface area contributed by atoms with E-state index in [4.69, 9.17) is 9.47 Å². The van der Waals surface area contributed by atoms with Crippen molar-refractivity contribution >= 4 is 17.7 Å². The van der Waals surface area contributed by atoms with Gasteiger partial charge in [-0.1, -0.05) is 13.8 Å². The smallest absolute Gasteiger partial charge is 0.309 e. The Bertz CT molecular complexity index is 540. The van der Waals surface area contributed by atoms with Crippen molar-refractivity contribution in [2.45, 2.75) is 46.2 Å². The third kappa shape index (κ3) is 2.77. The van der Waals surface area contributed by atoms with Crippen molar-refractivity contribution in [3.05, 3.63) is 0 Å². The summed E-state index contributed by atoms with van der Waals surface area (Å²) < 4.78 is 10.3. The number of carbonyl (C=O) groups excluding carboxylic acids is 3. The molecule has 0 unspecified atom stereocenters. The molecule has 7 heteroatoms. The zero-order valence-electron chi connectivity index (χ0n) is 15.6. The highest BCUT2D eigenvalue weighted by Gasteiger charge is 2.67. The fourth-order valence-corrected chi connectivity index (χ4v) is 5.10. The number of esters is 2. The van der Waals surface area contributed by atoms with E-state index in [9.17, 15) is 14.4 Å². The molecule has 4 aliphatic heterocycles. The lowest BCUT2D eigenvalue weighted by Gasteiger charge is -2.69. The van der Waals surface area contributed by atoms with Crippen molar-refractivity contribution in [3.63, 3.8) is 0 Å². The monoisotopic (exact) mass is 352 g/mol. The second kappa shape index (κ2) is 6.06. The number of ether oxygens (including phenoxy) is 2. The molecule has 0 aromatic heterocycles. The molecule has 4 bridgehead atoms. The van der Waals surface area contributed by atoms with Crippen molar-refractivity contribution in [1.82, 2.24) is 9.80 Å². The van der Waals surface area contributed by atoms with E-state index in [0.29, 0.717) is 45.2 Å². The Hall–Kier alpha value is -1.47. The van der Waals surface area contributed by atoms with E-state index in [-0.39, 0.29) is 24.8 Å². The third-order valence-corrected chi connectivity index (χ3v) is 5.90. The molecule has 4 rings (SSSR count). The number of carbonyl (C=O) groups is 3. The second-order valence-electron chi connectivity index (χ2n) is 8.11. The van der Waals surface area contributed by atoms with Crippen molar-refractivity contribution in [2.24, 2.45) is 10.8 Å². The van der Waals surface area contributed by atoms with Crippen LogP contribution in [0.2, 0.25) is 0 Å². The van der Waals surface area contributed by atoms with E-state index in [1.165, 1.54) is 0 Å². The van der Waals surface area contributed by atoms with E-state index in [0.717, 1.165) is 0 Å². The first kappa shape index (κ1) is 18.3. The van der Waals surface area contributed by atoms with Crippen LogP contribution in [0, 0.1) is 10.8 Å². The van der Waals surface area contributed by atoms with Crippen molar-refractivity contribution < 1.29 is 23.9 Å². The van der Waals surface area contributed by atoms with Gasteiger partial charge in [0, 0.05) is 26.2 Å². The van der Waals surface area contributed by atoms with Crippen LogP contribution < -0.4 is 0 Å². The van der Waals surface area contributed by atoms with Crippen molar-refractivity contribution in [3.8, 4) is 0 Å². The van der Waals surface area contributed by atoms with Gasteiger partial charge in [0.25, 0.3) is 0 Å². The number of rotatable bonds is 6. The van der Waals surface area contributed by atoms with Crippen LogP contribution in [-0.2, 0) is 23.9 Å². The predicted molar refractivity (Wildman–Crippen MR) is 89.6 cm³/mol. The molecule has 4 saturated heterocycles. The second-order valence-corrected chi connectivity index (χ2v) is 8.11. The molecule has 0 aromatic carbocycles. The number of hydrogen-bond donors (Lipinski definition) is 0. The lowest BCUT2D eigenvalue weighted by atomic mass is 9.60. The highest BCUT2D eigenvalue weighted by Crippen LogP contribution is 2.53. The first-order chi connectivity index (χ1) is 11.7. The normalized spacial score (nSPS) is 37.8. The van der Waals surface area contributed by atoms with Gasteiger partial charge in [-0.15, -0.1) is 0 Å². The van der Waals surface area contributed by atoms with Crippen molar-refractivity contribution in [1.29, 1.82) is 0 Å². The van der Waals surface area contributed by atoms with Crippen LogP contribution >= 0.6 is 0 Å². The van der Waals surface area contributed by atoms with Crippen LogP contribution in [0.5, 0.6) is 0 Å². The van der Waals surface area contributed by atoms with Crippen LogP contribution in [0.25, 0.3) is 0 Å². The average molecular weight is 352 g/mol. The fourth-order valence-electron chi connectivity index (χ4n) is 5.10. The Morgan fingerprint density at radius 3 is 1.56 bits per heavy atom. The van der Waals surface area contributed by atoms with Gasteiger partial charge in [-0.3, -0.25) is 24.2 Å². The zero-order valence-corrected chi connectivity index (χ0v) is 15.6. The number of hydrogen-bond acceptors (Lipinski definition) is 7. The number of nitrogens with zero attached hydrogens (tertiary/aromatic N) is 2. The Balaban J connectivity index is 1.94. The quantitative estimate of drug-likeness (QED) is 0.655. The van der Waals surface area contributed by atoms with Crippen LogP contribution in [0.15, 0.2) is 0 Å². The summed E-state index contributed by atoms with van der Waals surface area (Å²) in [6, 6.07) is 0. The summed E-state index contributed by atoms with van der Waals surface area (Å²) in [5.74, 6) is -0.338. The van der Waals surface area contributed by atoms with Gasteiger partial charge in [-0.2, -0.15) is 0 Å². The van der Waals surface area contributed by atoms with Gasteiger partial charge in [-0.05, 0) is 13.8 Å². The number of Topliss-reactive ketones (excluding diaryl/α,β-unsaturated/α-hetero) is 1. The Morgan fingerprint density at radius 2 is 1.24 bits per heavy atom. The summed E-state index contributed by atoms with van der Waals surface area (Å²) in [6.45, 7) is 10.4. The standard InChI is InChI=1S/C18H28N2O5/c1-5-24-13(21)7-18(8-14(22)25-6-2)19-9-16(3)10-20(18)12-17(4,11-19)15(16)23/h5-12H2,1-4H3. The molecular weight excluding hydrogens is 324 g/mol. The van der Waals surface area contributed by atoms with Gasteiger partial charge in [0.05, 0.1) is 42.5 Å². The van der Waals surface area contributed by atoms with E-state index in [2.05, 4.69) is 9.80 Å². The molecule has 0 spiro atoms. The molecule has 7 nitrogen and oxygen atoms in total. The first-order valence-electron chi connectivity index (χ1n) is 9.05. The van der Waals surface area contributed by atoms with Crippen LogP contribution in [0.1, 0.15) is 40.5 Å². The number of ketones is 1. The summed E-state index contributed by atoms with van der Waals surface area (Å²) in [4.78, 5) is 41.8. The Kier molecular flexibility index (Phi) is 4.44. The van der Waals surface area contributed by atoms with E-state index in [1.807, 2.05) is 13.8 Å². The molecule has 4 fully saturated rings. The largest absolute Gasteiger partial charge is 0.466 e. The summed E-state index contributed by atoms with van der Waals surface area (Å²) >= 11 is 0. The minimum Gasteiger partial charge on any atom is -0.466 e. The van der Waals surface area contributed by atoms with E-state index < -0.39 is 16.5 Å². The molecule has 4 aliphatic rings. The first-order valence-corrected chi connectivity index (χ1v) is 9.05. The van der Waals surface area contributed by atoms with Crippen LogP contribution in [0.3, 0.4) is 0 Å². The highest BCUT2D eigenvalue weighted by molar-refractivity contribution is 5.93. The molecule has 0 amide bonds. The van der Waals surface area contributed by atoms with Gasteiger partial charge in [0.1, 0.15) is 5.78 Å². The predicted octanol–water partition coefficient (Wildman–Crippen LogP) is 0.816. The Morgan fingerprint density at radius 1 is 0.880 bits per heavy atom. The van der Waals surface area contributed by atoms with Crippen LogP contribution in [-0.4, -0.2) is 72.6 Å². The van der Waals surface area contributed by atoms with Gasteiger partial charge in [0.2, 0.25) is 0 Å². The zero-order chi connectivity index (χ0) is 18.5. The minimum absolute atomic E-state index is 0.111. The summed E-state index contributed by atoms with van der Waals surface area (Å²) in [5, 5.41) is 0. The molecule has 25 heavy (non-hydrogen) atoms. The van der Waals surface area contributed by atoms with Gasteiger partial charge in [-0.25, -0.2) is 0 Å². The average Bonchev–Trinajstić information content (AvgIpc) is 2.49. The molecule has 0 aromatic rings. The summed E-state index contributed by atoms with van der Waals surface area (Å²) in [5.41, 5.74) is -1.64. The molecule has 140 valence electrons. The maximum atomic E-state index is 12.8. The van der Waals surface area contributed by atoms with Crippen molar-refractivity contribution in [2.75, 3.05) is 39.4 Å². The Labute approximate surface area is 148 Å². The summed E-state index contributed by atoms with van der Waals surface area (Å²) in [7, 11) is 0. The maximum Gasteiger partial charge on any atom is 0.309 e. The SMILES string of the molecule is CCOC(=O)CC1(CC(=O)OCC)N2CC3(C)CN1CC(C)(C2)C3=O. The highest BCUT2D eigenvalue weighted by atomic mass is 16.5. The molecular formula is C18H28N2O5. The third-order valence-electron chi connectivity index (χ3n) is 5.90. The lowest BCUT2D eigenvalue weighted by molar-refractivity contribution is -0.236. The topological polar surface area (TPSA) is 76.2 Å². The number of piperidine rings is 2. The minimum atomic E-state index is -0.752. The van der Waals surface area contributed by atoms with Gasteiger partial charge < -0.3 is 9.47 Å². The van der Waals surface area contributed by atoms with E-state index >= 15 is 0 Å². The molecule has 0 aliphatic carbocycles. The fraction of sp³-hybridized carbons (Fsp3) is 0.833. The van der Waals surface area contributed by atoms with Gasteiger partial charge in [0.15, 0.2) is 0 Å². The van der Waals surface area contributed by atoms with Gasteiger partial charge >= 0.3 is 11.9 Å².